The van der Waals surface area contributed by atoms with Crippen molar-refractivity contribution in [3.63, 3.8) is 0 Å². The third-order valence-electron chi connectivity index (χ3n) is 4.90. The molecule has 1 N–H and O–H groups in total. The molecule has 1 aromatic heterocycles. The van der Waals surface area contributed by atoms with Crippen LogP contribution in [0.2, 0.25) is 0 Å². The second-order valence-corrected chi connectivity index (χ2v) is 10.9. The lowest BCUT2D eigenvalue weighted by atomic mass is 10.0. The molecular formula is C22H20BrN3O3S2. The molecule has 9 heteroatoms. The van der Waals surface area contributed by atoms with Crippen LogP contribution in [0.25, 0.3) is 0 Å². The Morgan fingerprint density at radius 2 is 1.77 bits per heavy atom. The molecule has 1 fully saturated rings. The Labute approximate surface area is 194 Å². The minimum Gasteiger partial charge on any atom is -0.341 e. The summed E-state index contributed by atoms with van der Waals surface area (Å²) in [5.41, 5.74) is 1.56. The molecule has 0 unspecified atom stereocenters. The van der Waals surface area contributed by atoms with E-state index in [0.29, 0.717) is 11.4 Å². The third-order valence-corrected chi connectivity index (χ3v) is 8.64. The number of aromatic nitrogens is 1. The number of halogens is 1. The monoisotopic (exact) mass is 517 g/mol. The van der Waals surface area contributed by atoms with E-state index in [1.165, 1.54) is 28.2 Å². The predicted molar refractivity (Wildman–Crippen MR) is 125 cm³/mol. The highest BCUT2D eigenvalue weighted by molar-refractivity contribution is 9.10. The first-order valence-electron chi connectivity index (χ1n) is 9.62. The maximum Gasteiger partial charge on any atom is 0.249 e. The van der Waals surface area contributed by atoms with Crippen LogP contribution in [0.5, 0.6) is 0 Å². The first kappa shape index (κ1) is 22.0. The summed E-state index contributed by atoms with van der Waals surface area (Å²) in [6, 6.07) is 21.0. The SMILES string of the molecule is O=C(N[C@H](c1ccccc1)c1ccccn1)[C@@H]1SCCN1S(=O)(=O)c1ccc(Br)cc1. The van der Waals surface area contributed by atoms with Crippen molar-refractivity contribution in [3.05, 3.63) is 94.7 Å². The van der Waals surface area contributed by atoms with Gasteiger partial charge in [-0.25, -0.2) is 8.42 Å². The Bertz CT molecular complexity index is 1100. The average Bonchev–Trinajstić information content (AvgIpc) is 3.30. The summed E-state index contributed by atoms with van der Waals surface area (Å²) in [6.07, 6.45) is 1.67. The zero-order chi connectivity index (χ0) is 21.8. The smallest absolute Gasteiger partial charge is 0.249 e. The van der Waals surface area contributed by atoms with E-state index in [9.17, 15) is 13.2 Å². The molecule has 0 aliphatic carbocycles. The van der Waals surface area contributed by atoms with Crippen molar-refractivity contribution in [2.24, 2.45) is 0 Å². The first-order valence-corrected chi connectivity index (χ1v) is 12.9. The molecule has 1 saturated heterocycles. The van der Waals surface area contributed by atoms with E-state index >= 15 is 0 Å². The van der Waals surface area contributed by atoms with Crippen LogP contribution in [-0.4, -0.2) is 41.3 Å². The molecule has 2 heterocycles. The number of carbonyl (C=O) groups is 1. The maximum atomic E-state index is 13.3. The van der Waals surface area contributed by atoms with E-state index in [0.717, 1.165) is 10.0 Å². The molecule has 2 aromatic carbocycles. The average molecular weight is 518 g/mol. The van der Waals surface area contributed by atoms with E-state index in [1.807, 2.05) is 48.5 Å². The standard InChI is InChI=1S/C22H20BrN3O3S2/c23-17-9-11-18(12-10-17)31(28,29)26-14-15-30-22(26)21(27)25-20(16-6-2-1-3-7-16)19-8-4-5-13-24-19/h1-13,20,22H,14-15H2,(H,25,27)/t20-,22+/m1/s1. The summed E-state index contributed by atoms with van der Waals surface area (Å²) in [6.45, 7) is 0.279. The number of rotatable bonds is 6. The summed E-state index contributed by atoms with van der Waals surface area (Å²) < 4.78 is 28.4. The lowest BCUT2D eigenvalue weighted by molar-refractivity contribution is -0.122. The number of nitrogens with zero attached hydrogens (tertiary/aromatic N) is 2. The van der Waals surface area contributed by atoms with Crippen LogP contribution in [0, 0.1) is 0 Å². The van der Waals surface area contributed by atoms with E-state index in [-0.39, 0.29) is 17.3 Å². The van der Waals surface area contributed by atoms with E-state index < -0.39 is 21.4 Å². The summed E-state index contributed by atoms with van der Waals surface area (Å²) in [5, 5.41) is 2.17. The molecule has 0 bridgehead atoms. The zero-order valence-electron chi connectivity index (χ0n) is 16.4. The van der Waals surface area contributed by atoms with Crippen molar-refractivity contribution in [3.8, 4) is 0 Å². The highest BCUT2D eigenvalue weighted by atomic mass is 79.9. The molecule has 0 spiro atoms. The fourth-order valence-electron chi connectivity index (χ4n) is 3.38. The number of hydrogen-bond donors (Lipinski definition) is 1. The predicted octanol–water partition coefficient (Wildman–Crippen LogP) is 3.81. The van der Waals surface area contributed by atoms with Gasteiger partial charge in [-0.05, 0) is 42.0 Å². The van der Waals surface area contributed by atoms with Gasteiger partial charge < -0.3 is 5.32 Å². The number of carbonyl (C=O) groups excluding carboxylic acids is 1. The van der Waals surface area contributed by atoms with E-state index in [4.69, 9.17) is 0 Å². The maximum absolute atomic E-state index is 13.3. The summed E-state index contributed by atoms with van der Waals surface area (Å²) >= 11 is 4.64. The van der Waals surface area contributed by atoms with Gasteiger partial charge in [-0.2, -0.15) is 4.31 Å². The van der Waals surface area contributed by atoms with Gasteiger partial charge in [0.15, 0.2) is 0 Å². The number of amides is 1. The third kappa shape index (κ3) is 4.85. The van der Waals surface area contributed by atoms with Gasteiger partial charge in [-0.1, -0.05) is 52.3 Å². The van der Waals surface area contributed by atoms with E-state index in [2.05, 4.69) is 26.2 Å². The normalized spacial score (nSPS) is 17.9. The Kier molecular flexibility index (Phi) is 6.76. The van der Waals surface area contributed by atoms with Crippen molar-refractivity contribution in [2.75, 3.05) is 12.3 Å². The van der Waals surface area contributed by atoms with Crippen LogP contribution in [0.4, 0.5) is 0 Å². The largest absolute Gasteiger partial charge is 0.341 e. The van der Waals surface area contributed by atoms with Crippen molar-refractivity contribution < 1.29 is 13.2 Å². The van der Waals surface area contributed by atoms with Gasteiger partial charge >= 0.3 is 0 Å². The van der Waals surface area contributed by atoms with Crippen LogP contribution >= 0.6 is 27.7 Å². The molecule has 3 aromatic rings. The van der Waals surface area contributed by atoms with Crippen LogP contribution in [-0.2, 0) is 14.8 Å². The second-order valence-electron chi connectivity index (χ2n) is 6.90. The lowest BCUT2D eigenvalue weighted by Gasteiger charge is -2.25. The van der Waals surface area contributed by atoms with Crippen LogP contribution in [0.1, 0.15) is 17.3 Å². The number of benzene rings is 2. The van der Waals surface area contributed by atoms with Gasteiger partial charge in [0.05, 0.1) is 16.6 Å². The summed E-state index contributed by atoms with van der Waals surface area (Å²) in [7, 11) is -3.80. The second kappa shape index (κ2) is 9.52. The van der Waals surface area contributed by atoms with Gasteiger partial charge in [-0.15, -0.1) is 11.8 Å². The fraction of sp³-hybridized carbons (Fsp3) is 0.182. The molecule has 0 saturated carbocycles. The van der Waals surface area contributed by atoms with Crippen LogP contribution in [0.15, 0.2) is 88.4 Å². The van der Waals surface area contributed by atoms with Crippen molar-refractivity contribution in [1.82, 2.24) is 14.6 Å². The van der Waals surface area contributed by atoms with E-state index in [1.54, 1.807) is 18.3 Å². The van der Waals surface area contributed by atoms with Crippen molar-refractivity contribution in [1.29, 1.82) is 0 Å². The van der Waals surface area contributed by atoms with Gasteiger partial charge in [-0.3, -0.25) is 9.78 Å². The highest BCUT2D eigenvalue weighted by Gasteiger charge is 2.41. The molecule has 6 nitrogen and oxygen atoms in total. The number of hydrogen-bond acceptors (Lipinski definition) is 5. The molecular weight excluding hydrogens is 498 g/mol. The van der Waals surface area contributed by atoms with Crippen molar-refractivity contribution >= 4 is 43.6 Å². The number of nitrogens with one attached hydrogen (secondary N) is 1. The molecule has 2 atom stereocenters. The van der Waals surface area contributed by atoms with Gasteiger partial charge in [0.25, 0.3) is 0 Å². The summed E-state index contributed by atoms with van der Waals surface area (Å²) in [5.74, 6) is 0.190. The van der Waals surface area contributed by atoms with Gasteiger partial charge in [0.2, 0.25) is 15.9 Å². The highest BCUT2D eigenvalue weighted by Crippen LogP contribution is 2.32. The number of pyridine rings is 1. The minimum atomic E-state index is -3.80. The molecule has 160 valence electrons. The molecule has 1 aliphatic rings. The Morgan fingerprint density at radius 1 is 1.06 bits per heavy atom. The fourth-order valence-corrected chi connectivity index (χ4v) is 6.73. The molecule has 1 amide bonds. The zero-order valence-corrected chi connectivity index (χ0v) is 19.6. The van der Waals surface area contributed by atoms with Gasteiger partial charge in [0, 0.05) is 23.0 Å². The number of thioether (sulfide) groups is 1. The van der Waals surface area contributed by atoms with Gasteiger partial charge in [0.1, 0.15) is 5.37 Å². The first-order chi connectivity index (χ1) is 15.0. The number of sulfonamides is 1. The van der Waals surface area contributed by atoms with Crippen molar-refractivity contribution in [2.45, 2.75) is 16.3 Å². The molecule has 4 rings (SSSR count). The Balaban J connectivity index is 1.60. The Hall–Kier alpha value is -2.20. The molecule has 0 radical (unpaired) electrons. The molecule has 31 heavy (non-hydrogen) atoms. The molecule has 1 aliphatic heterocycles. The van der Waals surface area contributed by atoms with Crippen LogP contribution in [0.3, 0.4) is 0 Å². The van der Waals surface area contributed by atoms with Crippen LogP contribution < -0.4 is 5.32 Å². The lowest BCUT2D eigenvalue weighted by Crippen LogP contribution is -2.46. The topological polar surface area (TPSA) is 79.4 Å². The Morgan fingerprint density at radius 3 is 2.45 bits per heavy atom. The minimum absolute atomic E-state index is 0.167. The quantitative estimate of drug-likeness (QED) is 0.537. The summed E-state index contributed by atoms with van der Waals surface area (Å²) in [4.78, 5) is 17.8.